The first-order valence-corrected chi connectivity index (χ1v) is 8.03. The maximum absolute atomic E-state index is 12.9. The zero-order valence-corrected chi connectivity index (χ0v) is 12.2. The second kappa shape index (κ2) is 5.06. The molecule has 0 bridgehead atoms. The molecule has 108 valence electrons. The Morgan fingerprint density at radius 1 is 1.10 bits per heavy atom. The molecule has 0 saturated heterocycles. The fourth-order valence-corrected chi connectivity index (χ4v) is 5.38. The van der Waals surface area contributed by atoms with Crippen LogP contribution in [0.5, 0.6) is 0 Å². The number of hydrogen-bond acceptors (Lipinski definition) is 2. The number of carboxylic acid groups (broad SMARTS) is 1. The van der Waals surface area contributed by atoms with E-state index in [1.165, 1.54) is 56.0 Å². The van der Waals surface area contributed by atoms with Gasteiger partial charge in [-0.15, -0.1) is 11.8 Å². The zero-order valence-electron chi connectivity index (χ0n) is 11.4. The van der Waals surface area contributed by atoms with E-state index in [1.54, 1.807) is 12.1 Å². The Morgan fingerprint density at radius 3 is 2.25 bits per heavy atom. The topological polar surface area (TPSA) is 37.3 Å². The molecule has 0 unspecified atom stereocenters. The van der Waals surface area contributed by atoms with E-state index < -0.39 is 10.7 Å². The summed E-state index contributed by atoms with van der Waals surface area (Å²) in [5.41, 5.74) is 0.268. The second-order valence-corrected chi connectivity index (χ2v) is 7.73. The Hall–Kier alpha value is -1.03. The van der Waals surface area contributed by atoms with Crippen molar-refractivity contribution in [3.63, 3.8) is 0 Å². The Kier molecular flexibility index (Phi) is 3.53. The van der Waals surface area contributed by atoms with Crippen LogP contribution in [0.1, 0.15) is 44.9 Å². The number of carboxylic acids is 1. The van der Waals surface area contributed by atoms with Crippen LogP contribution in [0.2, 0.25) is 0 Å². The van der Waals surface area contributed by atoms with Gasteiger partial charge in [0.15, 0.2) is 0 Å². The summed E-state index contributed by atoms with van der Waals surface area (Å²) in [6.45, 7) is 0. The predicted molar refractivity (Wildman–Crippen MR) is 77.4 cm³/mol. The molecular weight excluding hydrogens is 275 g/mol. The Bertz CT molecular complexity index is 498. The lowest BCUT2D eigenvalue weighted by Gasteiger charge is -2.55. The van der Waals surface area contributed by atoms with Gasteiger partial charge in [0.1, 0.15) is 10.6 Å². The van der Waals surface area contributed by atoms with Gasteiger partial charge in [-0.05, 0) is 55.4 Å². The number of hydrogen-bond donors (Lipinski definition) is 1. The summed E-state index contributed by atoms with van der Waals surface area (Å²) in [5, 5.41) is 9.62. The SMILES string of the molecule is O=C(O)C1(Sc2ccc(F)cc2)CC2(CCCCC2)C1. The standard InChI is InChI=1S/C16H19FO2S/c17-12-4-6-13(7-5-12)20-16(14(18)19)10-15(11-16)8-2-1-3-9-15/h4-7H,1-3,8-11H2,(H,18,19). The maximum atomic E-state index is 12.9. The quantitative estimate of drug-likeness (QED) is 0.892. The molecule has 0 radical (unpaired) electrons. The number of aliphatic carboxylic acids is 1. The van der Waals surface area contributed by atoms with Crippen molar-refractivity contribution in [2.45, 2.75) is 54.6 Å². The molecule has 1 aromatic rings. The summed E-state index contributed by atoms with van der Waals surface area (Å²) in [6, 6.07) is 6.15. The Morgan fingerprint density at radius 2 is 1.70 bits per heavy atom. The molecule has 1 N–H and O–H groups in total. The summed E-state index contributed by atoms with van der Waals surface area (Å²) >= 11 is 1.40. The molecule has 2 fully saturated rings. The minimum atomic E-state index is -0.719. The monoisotopic (exact) mass is 294 g/mol. The summed E-state index contributed by atoms with van der Waals surface area (Å²) in [4.78, 5) is 12.6. The van der Waals surface area contributed by atoms with Gasteiger partial charge in [-0.1, -0.05) is 19.3 Å². The molecule has 3 rings (SSSR count). The van der Waals surface area contributed by atoms with Gasteiger partial charge in [-0.3, -0.25) is 4.79 Å². The number of rotatable bonds is 3. The van der Waals surface area contributed by atoms with E-state index in [4.69, 9.17) is 0 Å². The highest BCUT2D eigenvalue weighted by Gasteiger charge is 2.59. The van der Waals surface area contributed by atoms with E-state index in [1.807, 2.05) is 0 Å². The first kappa shape index (κ1) is 13.9. The smallest absolute Gasteiger partial charge is 0.320 e. The fraction of sp³-hybridized carbons (Fsp3) is 0.562. The molecule has 0 atom stereocenters. The molecule has 2 nitrogen and oxygen atoms in total. The van der Waals surface area contributed by atoms with E-state index in [0.717, 1.165) is 17.7 Å². The molecule has 0 amide bonds. The third-order valence-electron chi connectivity index (χ3n) is 4.75. The van der Waals surface area contributed by atoms with Crippen molar-refractivity contribution in [2.75, 3.05) is 0 Å². The second-order valence-electron chi connectivity index (χ2n) is 6.27. The van der Waals surface area contributed by atoms with Crippen molar-refractivity contribution in [1.82, 2.24) is 0 Å². The number of benzene rings is 1. The Labute approximate surface area is 122 Å². The van der Waals surface area contributed by atoms with Crippen LogP contribution in [0.4, 0.5) is 4.39 Å². The minimum absolute atomic E-state index is 0.268. The van der Waals surface area contributed by atoms with Crippen LogP contribution in [0, 0.1) is 11.2 Å². The molecule has 0 aliphatic heterocycles. The van der Waals surface area contributed by atoms with E-state index in [9.17, 15) is 14.3 Å². The lowest BCUT2D eigenvalue weighted by molar-refractivity contribution is -0.147. The average molecular weight is 294 g/mol. The van der Waals surface area contributed by atoms with Gasteiger partial charge in [0.25, 0.3) is 0 Å². The van der Waals surface area contributed by atoms with Crippen LogP contribution in [0.25, 0.3) is 0 Å². The van der Waals surface area contributed by atoms with Gasteiger partial charge in [0.2, 0.25) is 0 Å². The highest BCUT2D eigenvalue weighted by Crippen LogP contribution is 2.63. The van der Waals surface area contributed by atoms with Gasteiger partial charge >= 0.3 is 5.97 Å². The van der Waals surface area contributed by atoms with Gasteiger partial charge in [0, 0.05) is 4.90 Å². The molecular formula is C16H19FO2S. The summed E-state index contributed by atoms with van der Waals surface area (Å²) in [6.07, 6.45) is 7.62. The van der Waals surface area contributed by atoms with Crippen LogP contribution in [-0.2, 0) is 4.79 Å². The predicted octanol–water partition coefficient (Wildman–Crippen LogP) is 4.49. The lowest BCUT2D eigenvalue weighted by Crippen LogP contribution is -2.55. The highest BCUT2D eigenvalue weighted by atomic mass is 32.2. The number of halogens is 1. The Balaban J connectivity index is 1.74. The van der Waals surface area contributed by atoms with E-state index in [-0.39, 0.29) is 11.2 Å². The van der Waals surface area contributed by atoms with E-state index >= 15 is 0 Å². The van der Waals surface area contributed by atoms with Gasteiger partial charge in [-0.2, -0.15) is 0 Å². The van der Waals surface area contributed by atoms with Gasteiger partial charge in [-0.25, -0.2) is 4.39 Å². The van der Waals surface area contributed by atoms with Crippen molar-refractivity contribution in [1.29, 1.82) is 0 Å². The van der Waals surface area contributed by atoms with Crippen molar-refractivity contribution in [3.8, 4) is 0 Å². The molecule has 4 heteroatoms. The molecule has 2 aliphatic rings. The molecule has 2 saturated carbocycles. The van der Waals surface area contributed by atoms with Crippen molar-refractivity contribution in [2.24, 2.45) is 5.41 Å². The van der Waals surface area contributed by atoms with Crippen LogP contribution < -0.4 is 0 Å². The zero-order chi connectivity index (χ0) is 14.2. The summed E-state index contributed by atoms with van der Waals surface area (Å²) < 4.78 is 12.2. The van der Waals surface area contributed by atoms with Gasteiger partial charge in [0.05, 0.1) is 0 Å². The van der Waals surface area contributed by atoms with Crippen LogP contribution in [-0.4, -0.2) is 15.8 Å². The van der Waals surface area contributed by atoms with Crippen LogP contribution >= 0.6 is 11.8 Å². The van der Waals surface area contributed by atoms with Gasteiger partial charge < -0.3 is 5.11 Å². The first-order valence-electron chi connectivity index (χ1n) is 7.22. The fourth-order valence-electron chi connectivity index (χ4n) is 3.81. The average Bonchev–Trinajstić information content (AvgIpc) is 2.40. The third-order valence-corrected chi connectivity index (χ3v) is 6.11. The minimum Gasteiger partial charge on any atom is -0.480 e. The highest BCUT2D eigenvalue weighted by molar-refractivity contribution is 8.01. The molecule has 0 heterocycles. The number of carbonyl (C=O) groups is 1. The summed E-state index contributed by atoms with van der Waals surface area (Å²) in [5.74, 6) is -1.00. The van der Waals surface area contributed by atoms with Crippen molar-refractivity contribution >= 4 is 17.7 Å². The molecule has 1 aromatic carbocycles. The third kappa shape index (κ3) is 2.46. The molecule has 2 aliphatic carbocycles. The maximum Gasteiger partial charge on any atom is 0.320 e. The molecule has 0 aromatic heterocycles. The van der Waals surface area contributed by atoms with Crippen LogP contribution in [0.3, 0.4) is 0 Å². The van der Waals surface area contributed by atoms with E-state index in [0.29, 0.717) is 0 Å². The first-order chi connectivity index (χ1) is 9.54. The summed E-state index contributed by atoms with van der Waals surface area (Å²) in [7, 11) is 0. The van der Waals surface area contributed by atoms with Crippen molar-refractivity contribution < 1.29 is 14.3 Å². The normalized spacial score (nSPS) is 23.2. The van der Waals surface area contributed by atoms with Crippen molar-refractivity contribution in [3.05, 3.63) is 30.1 Å². The molecule has 20 heavy (non-hydrogen) atoms. The molecule has 1 spiro atoms. The van der Waals surface area contributed by atoms with Crippen LogP contribution in [0.15, 0.2) is 29.2 Å². The largest absolute Gasteiger partial charge is 0.480 e. The lowest BCUT2D eigenvalue weighted by atomic mass is 9.55. The number of thioether (sulfide) groups is 1. The van der Waals surface area contributed by atoms with E-state index in [2.05, 4.69) is 0 Å².